The standard InChI is InChI=1S/C11H11FN4O2S/c12-6-1-2-8(13)10(3-6)19-5-7-4-9(16-18-7)11(17)15-14/h1-4H,5,13-14H2,(H,15,17). The Balaban J connectivity index is 2.04. The first-order chi connectivity index (χ1) is 9.10. The number of rotatable bonds is 4. The molecule has 8 heteroatoms. The van der Waals surface area contributed by atoms with Crippen molar-refractivity contribution in [2.75, 3.05) is 5.73 Å². The Morgan fingerprint density at radius 3 is 3.00 bits per heavy atom. The van der Waals surface area contributed by atoms with Crippen LogP contribution in [0.5, 0.6) is 0 Å². The van der Waals surface area contributed by atoms with E-state index in [1.807, 2.05) is 5.43 Å². The summed E-state index contributed by atoms with van der Waals surface area (Å²) < 4.78 is 18.0. The maximum absolute atomic E-state index is 13.1. The minimum absolute atomic E-state index is 0.0883. The van der Waals surface area contributed by atoms with Crippen molar-refractivity contribution < 1.29 is 13.7 Å². The second kappa shape index (κ2) is 5.72. The molecule has 0 aliphatic carbocycles. The Hall–Kier alpha value is -2.06. The highest BCUT2D eigenvalue weighted by Gasteiger charge is 2.12. The Labute approximate surface area is 112 Å². The zero-order valence-corrected chi connectivity index (χ0v) is 10.5. The molecule has 100 valence electrons. The van der Waals surface area contributed by atoms with E-state index in [1.165, 1.54) is 36.0 Å². The van der Waals surface area contributed by atoms with Crippen LogP contribution in [0.25, 0.3) is 0 Å². The lowest BCUT2D eigenvalue weighted by Gasteiger charge is -2.03. The lowest BCUT2D eigenvalue weighted by molar-refractivity contribution is 0.0944. The van der Waals surface area contributed by atoms with Crippen molar-refractivity contribution in [1.82, 2.24) is 10.6 Å². The van der Waals surface area contributed by atoms with Gasteiger partial charge in [0.05, 0.1) is 5.75 Å². The van der Waals surface area contributed by atoms with Crippen LogP contribution in [-0.2, 0) is 5.75 Å². The largest absolute Gasteiger partial charge is 0.398 e. The van der Waals surface area contributed by atoms with Crippen LogP contribution >= 0.6 is 11.8 Å². The third kappa shape index (κ3) is 3.24. The van der Waals surface area contributed by atoms with Gasteiger partial charge >= 0.3 is 0 Å². The van der Waals surface area contributed by atoms with Gasteiger partial charge in [0.25, 0.3) is 5.91 Å². The molecule has 0 bridgehead atoms. The number of hydrazine groups is 1. The average Bonchev–Trinajstić information content (AvgIpc) is 2.88. The molecule has 6 nitrogen and oxygen atoms in total. The molecule has 2 rings (SSSR count). The van der Waals surface area contributed by atoms with E-state index in [0.717, 1.165) is 0 Å². The molecular weight excluding hydrogens is 271 g/mol. The third-order valence-electron chi connectivity index (χ3n) is 2.27. The van der Waals surface area contributed by atoms with Gasteiger partial charge in [-0.3, -0.25) is 10.2 Å². The second-order valence-electron chi connectivity index (χ2n) is 3.62. The van der Waals surface area contributed by atoms with E-state index >= 15 is 0 Å². The number of nitrogens with one attached hydrogen (secondary N) is 1. The number of carbonyl (C=O) groups excluding carboxylic acids is 1. The molecule has 0 saturated carbocycles. The summed E-state index contributed by atoms with van der Waals surface area (Å²) in [5, 5.41) is 3.55. The highest BCUT2D eigenvalue weighted by Crippen LogP contribution is 2.28. The van der Waals surface area contributed by atoms with E-state index in [-0.39, 0.29) is 11.5 Å². The summed E-state index contributed by atoms with van der Waals surface area (Å²) in [6.45, 7) is 0. The zero-order valence-electron chi connectivity index (χ0n) is 9.72. The molecule has 0 spiro atoms. The molecule has 1 aromatic heterocycles. The van der Waals surface area contributed by atoms with Gasteiger partial charge in [-0.15, -0.1) is 11.8 Å². The SMILES string of the molecule is NNC(=O)c1cc(CSc2cc(F)ccc2N)on1. The minimum Gasteiger partial charge on any atom is -0.398 e. The summed E-state index contributed by atoms with van der Waals surface area (Å²) in [5.41, 5.74) is 8.23. The summed E-state index contributed by atoms with van der Waals surface area (Å²) in [6, 6.07) is 5.58. The number of nitrogens with two attached hydrogens (primary N) is 2. The highest BCUT2D eigenvalue weighted by atomic mass is 32.2. The fourth-order valence-corrected chi connectivity index (χ4v) is 2.21. The van der Waals surface area contributed by atoms with Crippen molar-refractivity contribution in [1.29, 1.82) is 0 Å². The molecular formula is C11H11FN4O2S. The molecule has 1 aromatic carbocycles. The van der Waals surface area contributed by atoms with E-state index in [4.69, 9.17) is 16.1 Å². The van der Waals surface area contributed by atoms with E-state index < -0.39 is 5.91 Å². The van der Waals surface area contributed by atoms with Crippen molar-refractivity contribution in [2.24, 2.45) is 5.84 Å². The van der Waals surface area contributed by atoms with Crippen LogP contribution in [0.4, 0.5) is 10.1 Å². The number of anilines is 1. The summed E-state index contributed by atoms with van der Waals surface area (Å²) in [6.07, 6.45) is 0. The fraction of sp³-hybridized carbons (Fsp3) is 0.0909. The predicted molar refractivity (Wildman–Crippen MR) is 68.5 cm³/mol. The molecule has 0 saturated heterocycles. The molecule has 0 radical (unpaired) electrons. The van der Waals surface area contributed by atoms with Crippen LogP contribution in [0, 0.1) is 5.82 Å². The van der Waals surface area contributed by atoms with E-state index in [9.17, 15) is 9.18 Å². The second-order valence-corrected chi connectivity index (χ2v) is 4.64. The maximum atomic E-state index is 13.1. The van der Waals surface area contributed by atoms with Crippen molar-refractivity contribution >= 4 is 23.4 Å². The summed E-state index contributed by atoms with van der Waals surface area (Å²) in [4.78, 5) is 11.8. The van der Waals surface area contributed by atoms with Crippen LogP contribution in [0.3, 0.4) is 0 Å². The first kappa shape index (κ1) is 13.4. The number of carbonyl (C=O) groups is 1. The number of nitrogens with zero attached hydrogens (tertiary/aromatic N) is 1. The third-order valence-corrected chi connectivity index (χ3v) is 3.36. The molecule has 1 amide bonds. The number of thioether (sulfide) groups is 1. The number of halogens is 1. The fourth-order valence-electron chi connectivity index (χ4n) is 1.34. The number of hydrogen-bond acceptors (Lipinski definition) is 6. The number of benzene rings is 1. The van der Waals surface area contributed by atoms with Crippen molar-refractivity contribution in [3.8, 4) is 0 Å². The smallest absolute Gasteiger partial charge is 0.287 e. The van der Waals surface area contributed by atoms with Crippen molar-refractivity contribution in [2.45, 2.75) is 10.6 Å². The van der Waals surface area contributed by atoms with Crippen molar-refractivity contribution in [3.05, 3.63) is 41.5 Å². The lowest BCUT2D eigenvalue weighted by atomic mass is 10.3. The first-order valence-electron chi connectivity index (χ1n) is 5.24. The van der Waals surface area contributed by atoms with E-state index in [0.29, 0.717) is 22.1 Å². The lowest BCUT2D eigenvalue weighted by Crippen LogP contribution is -2.30. The normalized spacial score (nSPS) is 10.4. The average molecular weight is 282 g/mol. The van der Waals surface area contributed by atoms with Gasteiger partial charge in [-0.05, 0) is 18.2 Å². The predicted octanol–water partition coefficient (Wildman–Crippen LogP) is 1.29. The Bertz CT molecular complexity index is 602. The summed E-state index contributed by atoms with van der Waals surface area (Å²) in [5.74, 6) is 4.91. The van der Waals surface area contributed by atoms with Gasteiger partial charge < -0.3 is 10.3 Å². The van der Waals surface area contributed by atoms with Crippen LogP contribution < -0.4 is 17.0 Å². The van der Waals surface area contributed by atoms with Crippen LogP contribution in [0.15, 0.2) is 33.7 Å². The van der Waals surface area contributed by atoms with Gasteiger partial charge in [-0.1, -0.05) is 5.16 Å². The van der Waals surface area contributed by atoms with Gasteiger partial charge in [0.15, 0.2) is 5.69 Å². The molecule has 2 aromatic rings. The number of hydrogen-bond donors (Lipinski definition) is 3. The number of aromatic nitrogens is 1. The Morgan fingerprint density at radius 1 is 1.47 bits per heavy atom. The molecule has 0 aliphatic heterocycles. The van der Waals surface area contributed by atoms with E-state index in [1.54, 1.807) is 0 Å². The number of nitrogen functional groups attached to an aromatic ring is 2. The van der Waals surface area contributed by atoms with Gasteiger partial charge in [0.2, 0.25) is 0 Å². The topological polar surface area (TPSA) is 107 Å². The van der Waals surface area contributed by atoms with Gasteiger partial charge in [-0.2, -0.15) is 0 Å². The maximum Gasteiger partial charge on any atom is 0.287 e. The molecule has 0 aliphatic rings. The highest BCUT2D eigenvalue weighted by molar-refractivity contribution is 7.98. The summed E-state index contributed by atoms with van der Waals surface area (Å²) in [7, 11) is 0. The van der Waals surface area contributed by atoms with Crippen LogP contribution in [0.2, 0.25) is 0 Å². The van der Waals surface area contributed by atoms with Gasteiger partial charge in [-0.25, -0.2) is 10.2 Å². The van der Waals surface area contributed by atoms with Gasteiger partial charge in [0.1, 0.15) is 11.6 Å². The van der Waals surface area contributed by atoms with E-state index in [2.05, 4.69) is 5.16 Å². The number of amides is 1. The van der Waals surface area contributed by atoms with Gasteiger partial charge in [0, 0.05) is 16.6 Å². The minimum atomic E-state index is -0.537. The molecule has 1 heterocycles. The first-order valence-corrected chi connectivity index (χ1v) is 6.23. The molecule has 0 fully saturated rings. The molecule has 0 unspecified atom stereocenters. The molecule has 5 N–H and O–H groups in total. The quantitative estimate of drug-likeness (QED) is 0.256. The summed E-state index contributed by atoms with van der Waals surface area (Å²) >= 11 is 1.29. The van der Waals surface area contributed by atoms with Crippen LogP contribution in [-0.4, -0.2) is 11.1 Å². The zero-order chi connectivity index (χ0) is 13.8. The molecule has 0 atom stereocenters. The Morgan fingerprint density at radius 2 is 2.26 bits per heavy atom. The Kier molecular flexibility index (Phi) is 4.03. The molecule has 19 heavy (non-hydrogen) atoms. The monoisotopic (exact) mass is 282 g/mol. The van der Waals surface area contributed by atoms with Crippen molar-refractivity contribution in [3.63, 3.8) is 0 Å². The van der Waals surface area contributed by atoms with Crippen LogP contribution in [0.1, 0.15) is 16.2 Å².